The summed E-state index contributed by atoms with van der Waals surface area (Å²) in [5.41, 5.74) is 6.87. The normalized spacial score (nSPS) is 10.2. The van der Waals surface area contributed by atoms with Crippen molar-refractivity contribution in [3.05, 3.63) is 35.3 Å². The minimum absolute atomic E-state index is 0.0456. The maximum Gasteiger partial charge on any atom is 0.209 e. The number of aryl methyl sites for hydroxylation is 1. The van der Waals surface area contributed by atoms with Crippen LogP contribution in [0.25, 0.3) is 11.1 Å². The minimum atomic E-state index is -0.484. The van der Waals surface area contributed by atoms with E-state index in [2.05, 4.69) is 0 Å². The van der Waals surface area contributed by atoms with Crippen molar-refractivity contribution in [3.8, 4) is 22.9 Å². The number of nitrogen functional groups attached to an aromatic ring is 1. The molecule has 0 bridgehead atoms. The zero-order valence-corrected chi connectivity index (χ0v) is 10.7. The molecule has 0 atom stereocenters. The van der Waals surface area contributed by atoms with Crippen LogP contribution in [-0.4, -0.2) is 6.61 Å². The van der Waals surface area contributed by atoms with Gasteiger partial charge in [0.1, 0.15) is 17.4 Å². The van der Waals surface area contributed by atoms with Gasteiger partial charge in [-0.05, 0) is 31.5 Å². The molecule has 19 heavy (non-hydrogen) atoms. The number of nitrogens with zero attached hydrogens (tertiary/aromatic N) is 1. The molecule has 5 heteroatoms. The van der Waals surface area contributed by atoms with Crippen molar-refractivity contribution < 1.29 is 13.5 Å². The fourth-order valence-electron chi connectivity index (χ4n) is 1.95. The Labute approximate surface area is 110 Å². The molecule has 98 valence electrons. The molecule has 2 rings (SSSR count). The molecule has 0 aliphatic heterocycles. The molecule has 0 aliphatic rings. The van der Waals surface area contributed by atoms with Crippen LogP contribution in [0.5, 0.6) is 5.75 Å². The Morgan fingerprint density at radius 2 is 2.21 bits per heavy atom. The van der Waals surface area contributed by atoms with Gasteiger partial charge in [0.15, 0.2) is 11.6 Å². The summed E-state index contributed by atoms with van der Waals surface area (Å²) in [6.45, 7) is 3.85. The van der Waals surface area contributed by atoms with Crippen LogP contribution in [-0.2, 0) is 0 Å². The van der Waals surface area contributed by atoms with Gasteiger partial charge in [-0.2, -0.15) is 5.26 Å². The Morgan fingerprint density at radius 3 is 2.79 bits per heavy atom. The van der Waals surface area contributed by atoms with Crippen LogP contribution < -0.4 is 10.5 Å². The number of anilines is 1. The average Bonchev–Trinajstić information content (AvgIpc) is 2.66. The second-order valence-corrected chi connectivity index (χ2v) is 3.96. The van der Waals surface area contributed by atoms with Gasteiger partial charge in [-0.25, -0.2) is 4.39 Å². The Balaban J connectivity index is 2.55. The summed E-state index contributed by atoms with van der Waals surface area (Å²) in [6.07, 6.45) is 0. The molecular weight excluding hydrogens is 247 g/mol. The molecule has 2 aromatic rings. The third kappa shape index (κ3) is 2.25. The largest absolute Gasteiger partial charge is 0.491 e. The average molecular weight is 260 g/mol. The van der Waals surface area contributed by atoms with Crippen LogP contribution in [0, 0.1) is 24.1 Å². The zero-order chi connectivity index (χ0) is 14.0. The molecule has 0 saturated heterocycles. The number of hydrogen-bond donors (Lipinski definition) is 1. The standard InChI is InChI=1S/C14H13FN2O2/c1-3-18-12-5-4-9(6-11(12)15)13-8(2)19-14(17)10(13)7-16/h4-6H,3,17H2,1-2H3. The first kappa shape index (κ1) is 13.0. The Bertz CT molecular complexity index is 656. The highest BCUT2D eigenvalue weighted by atomic mass is 19.1. The van der Waals surface area contributed by atoms with Gasteiger partial charge in [0.25, 0.3) is 0 Å². The van der Waals surface area contributed by atoms with Gasteiger partial charge in [0.2, 0.25) is 5.88 Å². The lowest BCUT2D eigenvalue weighted by Crippen LogP contribution is -1.95. The van der Waals surface area contributed by atoms with Crippen molar-refractivity contribution in [1.29, 1.82) is 5.26 Å². The first-order valence-corrected chi connectivity index (χ1v) is 5.80. The summed E-state index contributed by atoms with van der Waals surface area (Å²) in [5.74, 6) is 0.225. The van der Waals surface area contributed by atoms with E-state index in [4.69, 9.17) is 20.1 Å². The van der Waals surface area contributed by atoms with Gasteiger partial charge in [-0.3, -0.25) is 0 Å². The molecule has 1 aromatic heterocycles. The highest BCUT2D eigenvalue weighted by Crippen LogP contribution is 2.35. The summed E-state index contributed by atoms with van der Waals surface area (Å²) in [7, 11) is 0. The molecule has 1 heterocycles. The van der Waals surface area contributed by atoms with E-state index in [9.17, 15) is 4.39 Å². The second kappa shape index (κ2) is 5.02. The number of furan rings is 1. The molecule has 1 aromatic carbocycles. The summed E-state index contributed by atoms with van der Waals surface area (Å²) in [6, 6.07) is 6.48. The van der Waals surface area contributed by atoms with Crippen LogP contribution in [0.4, 0.5) is 10.3 Å². The van der Waals surface area contributed by atoms with E-state index in [-0.39, 0.29) is 17.2 Å². The van der Waals surface area contributed by atoms with Crippen molar-refractivity contribution in [2.24, 2.45) is 0 Å². The van der Waals surface area contributed by atoms with Crippen molar-refractivity contribution in [3.63, 3.8) is 0 Å². The molecular formula is C14H13FN2O2. The Hall–Kier alpha value is -2.48. The van der Waals surface area contributed by atoms with Crippen LogP contribution in [0.15, 0.2) is 22.6 Å². The summed E-state index contributed by atoms with van der Waals surface area (Å²) < 4.78 is 24.2. The van der Waals surface area contributed by atoms with Crippen LogP contribution >= 0.6 is 0 Å². The summed E-state index contributed by atoms with van der Waals surface area (Å²) in [4.78, 5) is 0. The quantitative estimate of drug-likeness (QED) is 0.919. The van der Waals surface area contributed by atoms with E-state index in [1.807, 2.05) is 6.07 Å². The van der Waals surface area contributed by atoms with E-state index in [0.29, 0.717) is 23.5 Å². The Morgan fingerprint density at radius 1 is 1.47 bits per heavy atom. The third-order valence-electron chi connectivity index (χ3n) is 2.74. The van der Waals surface area contributed by atoms with Gasteiger partial charge in [-0.1, -0.05) is 6.07 Å². The lowest BCUT2D eigenvalue weighted by atomic mass is 10.0. The number of halogens is 1. The van der Waals surface area contributed by atoms with Gasteiger partial charge >= 0.3 is 0 Å². The molecule has 0 unspecified atom stereocenters. The van der Waals surface area contributed by atoms with E-state index in [0.717, 1.165) is 0 Å². The van der Waals surface area contributed by atoms with Crippen LogP contribution in [0.1, 0.15) is 18.2 Å². The maximum absolute atomic E-state index is 13.8. The van der Waals surface area contributed by atoms with Crippen molar-refractivity contribution in [2.75, 3.05) is 12.3 Å². The smallest absolute Gasteiger partial charge is 0.209 e. The summed E-state index contributed by atoms with van der Waals surface area (Å²) >= 11 is 0. The highest BCUT2D eigenvalue weighted by Gasteiger charge is 2.18. The number of nitriles is 1. The van der Waals surface area contributed by atoms with Crippen molar-refractivity contribution in [2.45, 2.75) is 13.8 Å². The van der Waals surface area contributed by atoms with Gasteiger partial charge in [-0.15, -0.1) is 0 Å². The third-order valence-corrected chi connectivity index (χ3v) is 2.74. The number of benzene rings is 1. The maximum atomic E-state index is 13.8. The van der Waals surface area contributed by atoms with E-state index in [1.165, 1.54) is 12.1 Å². The van der Waals surface area contributed by atoms with E-state index in [1.54, 1.807) is 19.9 Å². The molecule has 0 spiro atoms. The lowest BCUT2D eigenvalue weighted by Gasteiger charge is -2.06. The predicted molar refractivity (Wildman–Crippen MR) is 69.1 cm³/mol. The first-order chi connectivity index (χ1) is 9.08. The molecule has 0 radical (unpaired) electrons. The molecule has 2 N–H and O–H groups in total. The molecule has 0 aliphatic carbocycles. The monoisotopic (exact) mass is 260 g/mol. The fraction of sp³-hybridized carbons (Fsp3) is 0.214. The van der Waals surface area contributed by atoms with E-state index >= 15 is 0 Å². The SMILES string of the molecule is CCOc1ccc(-c2c(C)oc(N)c2C#N)cc1F. The zero-order valence-electron chi connectivity index (χ0n) is 10.7. The molecule has 0 saturated carbocycles. The number of hydrogen-bond acceptors (Lipinski definition) is 4. The number of nitrogens with two attached hydrogens (primary N) is 1. The van der Waals surface area contributed by atoms with Crippen molar-refractivity contribution >= 4 is 5.88 Å². The molecule has 0 amide bonds. The topological polar surface area (TPSA) is 72.2 Å². The number of ether oxygens (including phenoxy) is 1. The molecule has 0 fully saturated rings. The number of rotatable bonds is 3. The van der Waals surface area contributed by atoms with Crippen molar-refractivity contribution in [1.82, 2.24) is 0 Å². The highest BCUT2D eigenvalue weighted by molar-refractivity contribution is 5.77. The minimum Gasteiger partial charge on any atom is -0.491 e. The van der Waals surface area contributed by atoms with Gasteiger partial charge < -0.3 is 14.9 Å². The molecule has 4 nitrogen and oxygen atoms in total. The summed E-state index contributed by atoms with van der Waals surface area (Å²) in [5, 5.41) is 9.07. The lowest BCUT2D eigenvalue weighted by molar-refractivity contribution is 0.321. The second-order valence-electron chi connectivity index (χ2n) is 3.96. The van der Waals surface area contributed by atoms with Gasteiger partial charge in [0.05, 0.1) is 6.61 Å². The predicted octanol–water partition coefficient (Wildman–Crippen LogP) is 3.25. The first-order valence-electron chi connectivity index (χ1n) is 5.80. The Kier molecular flexibility index (Phi) is 3.43. The fourth-order valence-corrected chi connectivity index (χ4v) is 1.95. The van der Waals surface area contributed by atoms with Crippen LogP contribution in [0.2, 0.25) is 0 Å². The van der Waals surface area contributed by atoms with E-state index < -0.39 is 5.82 Å². The van der Waals surface area contributed by atoms with Gasteiger partial charge in [0, 0.05) is 5.56 Å². The van der Waals surface area contributed by atoms with Crippen LogP contribution in [0.3, 0.4) is 0 Å².